The molecule has 0 aliphatic rings. The molecule has 0 aliphatic carbocycles. The van der Waals surface area contributed by atoms with E-state index in [-0.39, 0.29) is 11.9 Å². The van der Waals surface area contributed by atoms with E-state index < -0.39 is 0 Å². The van der Waals surface area contributed by atoms with E-state index in [1.807, 2.05) is 25.3 Å². The predicted octanol–water partition coefficient (Wildman–Crippen LogP) is 2.12. The molecule has 2 aromatic heterocycles. The Bertz CT molecular complexity index is 565. The zero-order chi connectivity index (χ0) is 13.1. The molecule has 0 radical (unpaired) electrons. The molecule has 1 unspecified atom stereocenters. The Morgan fingerprint density at radius 2 is 2.33 bits per heavy atom. The van der Waals surface area contributed by atoms with Crippen LogP contribution in [-0.2, 0) is 0 Å². The van der Waals surface area contributed by atoms with E-state index in [0.717, 1.165) is 11.3 Å². The Labute approximate surface area is 109 Å². The number of carbonyl (C=O) groups excluding carboxylic acids is 1. The highest BCUT2D eigenvalue weighted by Gasteiger charge is 2.13. The van der Waals surface area contributed by atoms with Crippen molar-refractivity contribution in [3.05, 3.63) is 40.7 Å². The summed E-state index contributed by atoms with van der Waals surface area (Å²) in [6, 6.07) is 3.50. The van der Waals surface area contributed by atoms with E-state index >= 15 is 0 Å². The monoisotopic (exact) mass is 262 g/mol. The minimum atomic E-state index is -0.251. The molecule has 2 aromatic rings. The Hall–Kier alpha value is -1.79. The molecule has 0 saturated carbocycles. The number of aryl methyl sites for hydroxylation is 1. The van der Waals surface area contributed by atoms with Gasteiger partial charge >= 0.3 is 0 Å². The highest BCUT2D eigenvalue weighted by atomic mass is 32.1. The first-order valence-corrected chi connectivity index (χ1v) is 6.40. The van der Waals surface area contributed by atoms with Crippen molar-refractivity contribution in [3.8, 4) is 0 Å². The van der Waals surface area contributed by atoms with E-state index in [4.69, 9.17) is 5.73 Å². The van der Waals surface area contributed by atoms with Crippen LogP contribution in [0.25, 0.3) is 0 Å². The minimum absolute atomic E-state index is 0.136. The first kappa shape index (κ1) is 12.7. The molecule has 1 atom stereocenters. The fourth-order valence-corrected chi connectivity index (χ4v) is 2.24. The third kappa shape index (κ3) is 2.72. The summed E-state index contributed by atoms with van der Waals surface area (Å²) in [6.07, 6.45) is 1.59. The van der Waals surface area contributed by atoms with Gasteiger partial charge in [0.1, 0.15) is 5.69 Å². The van der Waals surface area contributed by atoms with Crippen molar-refractivity contribution in [3.63, 3.8) is 0 Å². The summed E-state index contributed by atoms with van der Waals surface area (Å²) in [5.74, 6) is -0.251. The normalized spacial score (nSPS) is 12.2. The van der Waals surface area contributed by atoms with E-state index in [1.54, 1.807) is 12.3 Å². The molecule has 0 fully saturated rings. The van der Waals surface area contributed by atoms with E-state index in [0.29, 0.717) is 10.8 Å². The molecule has 94 valence electrons. The number of amides is 1. The molecule has 2 heterocycles. The Morgan fingerprint density at radius 3 is 2.94 bits per heavy atom. The smallest absolute Gasteiger partial charge is 0.276 e. The van der Waals surface area contributed by atoms with Crippen LogP contribution >= 0.6 is 11.3 Å². The predicted molar refractivity (Wildman–Crippen MR) is 71.6 cm³/mol. The molecule has 5 nitrogen and oxygen atoms in total. The van der Waals surface area contributed by atoms with Gasteiger partial charge in [-0.3, -0.25) is 15.1 Å². The summed E-state index contributed by atoms with van der Waals surface area (Å²) in [6.45, 7) is 3.70. The second-order valence-corrected chi connectivity index (χ2v) is 4.85. The number of pyridine rings is 1. The maximum Gasteiger partial charge on any atom is 0.276 e. The van der Waals surface area contributed by atoms with Gasteiger partial charge in [-0.15, -0.1) is 11.3 Å². The number of carbonyl (C=O) groups is 1. The van der Waals surface area contributed by atoms with Crippen LogP contribution in [0, 0.1) is 6.92 Å². The average molecular weight is 262 g/mol. The quantitative estimate of drug-likeness (QED) is 0.887. The second kappa shape index (κ2) is 5.24. The number of nitrogens with one attached hydrogen (secondary N) is 1. The highest BCUT2D eigenvalue weighted by molar-refractivity contribution is 7.14. The summed E-state index contributed by atoms with van der Waals surface area (Å²) < 4.78 is 0. The molecule has 2 rings (SSSR count). The molecule has 0 aliphatic heterocycles. The summed E-state index contributed by atoms with van der Waals surface area (Å²) in [4.78, 5) is 20.3. The van der Waals surface area contributed by atoms with Crippen molar-refractivity contribution in [2.24, 2.45) is 5.73 Å². The van der Waals surface area contributed by atoms with Crippen LogP contribution in [0.2, 0.25) is 0 Å². The molecule has 18 heavy (non-hydrogen) atoms. The van der Waals surface area contributed by atoms with Gasteiger partial charge in [-0.2, -0.15) is 0 Å². The van der Waals surface area contributed by atoms with Crippen LogP contribution in [0.5, 0.6) is 0 Å². The van der Waals surface area contributed by atoms with Crippen molar-refractivity contribution in [2.75, 3.05) is 5.32 Å². The third-order valence-electron chi connectivity index (χ3n) is 2.43. The molecule has 0 spiro atoms. The zero-order valence-corrected chi connectivity index (χ0v) is 11.0. The standard InChI is InChI=1S/C12H14N4OS/c1-7-4-3-5-14-10(7)11(17)16-12-15-9(6-18-12)8(2)13/h3-6,8H,13H2,1-2H3,(H,15,16,17). The number of aromatic nitrogens is 2. The molecule has 0 aromatic carbocycles. The Morgan fingerprint density at radius 1 is 1.56 bits per heavy atom. The van der Waals surface area contributed by atoms with E-state index in [1.165, 1.54) is 11.3 Å². The largest absolute Gasteiger partial charge is 0.323 e. The maximum absolute atomic E-state index is 12.0. The number of nitrogens with zero attached hydrogens (tertiary/aromatic N) is 2. The maximum atomic E-state index is 12.0. The summed E-state index contributed by atoms with van der Waals surface area (Å²) in [5.41, 5.74) is 7.73. The number of hydrogen-bond acceptors (Lipinski definition) is 5. The van der Waals surface area contributed by atoms with Gasteiger partial charge in [0.05, 0.1) is 5.69 Å². The van der Waals surface area contributed by atoms with Crippen LogP contribution in [-0.4, -0.2) is 15.9 Å². The molecular formula is C12H14N4OS. The average Bonchev–Trinajstić information content (AvgIpc) is 2.78. The van der Waals surface area contributed by atoms with Gasteiger partial charge in [0, 0.05) is 17.6 Å². The van der Waals surface area contributed by atoms with Gasteiger partial charge < -0.3 is 5.73 Å². The molecule has 6 heteroatoms. The van der Waals surface area contributed by atoms with Gasteiger partial charge in [-0.1, -0.05) is 6.07 Å². The van der Waals surface area contributed by atoms with Crippen molar-refractivity contribution in [1.82, 2.24) is 9.97 Å². The summed E-state index contributed by atoms with van der Waals surface area (Å²) in [5, 5.41) is 5.10. The third-order valence-corrected chi connectivity index (χ3v) is 3.21. The number of anilines is 1. The van der Waals surface area contributed by atoms with Gasteiger partial charge in [0.25, 0.3) is 5.91 Å². The number of rotatable bonds is 3. The lowest BCUT2D eigenvalue weighted by Gasteiger charge is -2.03. The molecule has 1 amide bonds. The van der Waals surface area contributed by atoms with Crippen LogP contribution in [0.3, 0.4) is 0 Å². The molecule has 0 saturated heterocycles. The number of hydrogen-bond donors (Lipinski definition) is 2. The lowest BCUT2D eigenvalue weighted by molar-refractivity contribution is 0.102. The molecule has 3 N–H and O–H groups in total. The summed E-state index contributed by atoms with van der Waals surface area (Å²) in [7, 11) is 0. The second-order valence-electron chi connectivity index (χ2n) is 3.99. The lowest BCUT2D eigenvalue weighted by Crippen LogP contribution is -2.15. The van der Waals surface area contributed by atoms with Crippen molar-refractivity contribution >= 4 is 22.4 Å². The molecule has 0 bridgehead atoms. The first-order valence-electron chi connectivity index (χ1n) is 5.52. The van der Waals surface area contributed by atoms with E-state index in [9.17, 15) is 4.79 Å². The van der Waals surface area contributed by atoms with Crippen LogP contribution in [0.15, 0.2) is 23.7 Å². The fraction of sp³-hybridized carbons (Fsp3) is 0.250. The highest BCUT2D eigenvalue weighted by Crippen LogP contribution is 2.19. The van der Waals surface area contributed by atoms with Crippen molar-refractivity contribution in [2.45, 2.75) is 19.9 Å². The SMILES string of the molecule is Cc1cccnc1C(=O)Nc1nc(C(C)N)cs1. The van der Waals surface area contributed by atoms with Gasteiger partial charge in [-0.05, 0) is 25.5 Å². The molecular weight excluding hydrogens is 248 g/mol. The summed E-state index contributed by atoms with van der Waals surface area (Å²) >= 11 is 1.36. The van der Waals surface area contributed by atoms with Crippen LogP contribution < -0.4 is 11.1 Å². The Kier molecular flexibility index (Phi) is 3.69. The van der Waals surface area contributed by atoms with Gasteiger partial charge in [0.15, 0.2) is 5.13 Å². The lowest BCUT2D eigenvalue weighted by atomic mass is 10.2. The van der Waals surface area contributed by atoms with Crippen LogP contribution in [0.1, 0.15) is 34.7 Å². The van der Waals surface area contributed by atoms with Crippen molar-refractivity contribution < 1.29 is 4.79 Å². The van der Waals surface area contributed by atoms with E-state index in [2.05, 4.69) is 15.3 Å². The number of thiazole rings is 1. The van der Waals surface area contributed by atoms with Gasteiger partial charge in [-0.25, -0.2) is 4.98 Å². The van der Waals surface area contributed by atoms with Crippen LogP contribution in [0.4, 0.5) is 5.13 Å². The van der Waals surface area contributed by atoms with Crippen molar-refractivity contribution in [1.29, 1.82) is 0 Å². The first-order chi connectivity index (χ1) is 8.58. The fourth-order valence-electron chi connectivity index (χ4n) is 1.43. The topological polar surface area (TPSA) is 80.9 Å². The minimum Gasteiger partial charge on any atom is -0.323 e. The van der Waals surface area contributed by atoms with Gasteiger partial charge in [0.2, 0.25) is 0 Å². The Balaban J connectivity index is 2.14. The zero-order valence-electron chi connectivity index (χ0n) is 10.2. The number of nitrogens with two attached hydrogens (primary N) is 1.